The van der Waals surface area contributed by atoms with Crippen molar-refractivity contribution in [2.24, 2.45) is 5.92 Å². The minimum atomic E-state index is 0. The monoisotopic (exact) mass is 488 g/mol. The summed E-state index contributed by atoms with van der Waals surface area (Å²) in [7, 11) is 2.13. The average molecular weight is 489 g/mol. The van der Waals surface area contributed by atoms with Gasteiger partial charge in [-0.05, 0) is 31.0 Å². The van der Waals surface area contributed by atoms with E-state index < -0.39 is 0 Å². The van der Waals surface area contributed by atoms with Crippen LogP contribution in [0.5, 0.6) is 0 Å². The predicted octanol–water partition coefficient (Wildman–Crippen LogP) is 5.14. The Labute approximate surface area is 209 Å². The van der Waals surface area contributed by atoms with E-state index in [9.17, 15) is 4.79 Å². The Morgan fingerprint density at radius 3 is 1.97 bits per heavy atom. The first-order valence-corrected chi connectivity index (χ1v) is 11.1. The van der Waals surface area contributed by atoms with Gasteiger partial charge in [0.05, 0.1) is 5.69 Å². The summed E-state index contributed by atoms with van der Waals surface area (Å²) in [5.74, 6) is 0.349. The largest absolute Gasteiger partial charge is 0.364 e. The number of likely N-dealkylation sites (N-methyl/N-ethyl adjacent to an activating group) is 1. The summed E-state index contributed by atoms with van der Waals surface area (Å²) in [4.78, 5) is 17.9. The standard InChI is InChI=1S/C26H32N4O.2ClH/c1-19(2)18-30-26(31)25(29-16-14-28(4)15-17-29)20(3)24(27-30)23-12-10-22(11-13-23)21-8-6-5-7-9-21;;/h5-13,19H,14-18H2,1-4H3;2*1H. The average Bonchev–Trinajstić information content (AvgIpc) is 2.77. The number of anilines is 1. The Morgan fingerprint density at radius 2 is 1.39 bits per heavy atom. The molecular formula is C26H34Cl2N4O. The molecule has 0 aliphatic carbocycles. The fourth-order valence-electron chi connectivity index (χ4n) is 4.23. The highest BCUT2D eigenvalue weighted by Gasteiger charge is 2.23. The topological polar surface area (TPSA) is 41.4 Å². The lowest BCUT2D eigenvalue weighted by Crippen LogP contribution is -2.47. The zero-order valence-electron chi connectivity index (χ0n) is 19.8. The molecule has 2 aromatic carbocycles. The highest BCUT2D eigenvalue weighted by Crippen LogP contribution is 2.29. The normalized spacial score (nSPS) is 14.0. The summed E-state index contributed by atoms with van der Waals surface area (Å²) in [6, 6.07) is 18.9. The highest BCUT2D eigenvalue weighted by molar-refractivity contribution is 5.85. The number of benzene rings is 2. The van der Waals surface area contributed by atoms with Crippen LogP contribution in [0.3, 0.4) is 0 Å². The molecule has 1 aliphatic heterocycles. The summed E-state index contributed by atoms with van der Waals surface area (Å²) >= 11 is 0. The van der Waals surface area contributed by atoms with Crippen molar-refractivity contribution in [2.45, 2.75) is 27.3 Å². The van der Waals surface area contributed by atoms with E-state index in [1.165, 1.54) is 11.1 Å². The smallest absolute Gasteiger partial charge is 0.290 e. The second-order valence-corrected chi connectivity index (χ2v) is 8.94. The molecule has 0 bridgehead atoms. The van der Waals surface area contributed by atoms with Crippen molar-refractivity contribution in [3.8, 4) is 22.4 Å². The molecule has 33 heavy (non-hydrogen) atoms. The van der Waals surface area contributed by atoms with Gasteiger partial charge in [0, 0.05) is 43.9 Å². The van der Waals surface area contributed by atoms with Crippen molar-refractivity contribution in [2.75, 3.05) is 38.1 Å². The Kier molecular flexibility index (Phi) is 9.53. The molecule has 0 atom stereocenters. The van der Waals surface area contributed by atoms with E-state index in [0.717, 1.165) is 48.7 Å². The van der Waals surface area contributed by atoms with Gasteiger partial charge in [-0.3, -0.25) is 4.79 Å². The Balaban J connectivity index is 0.00000193. The zero-order chi connectivity index (χ0) is 22.0. The number of piperazine rings is 1. The van der Waals surface area contributed by atoms with Crippen LogP contribution in [-0.2, 0) is 6.54 Å². The first-order chi connectivity index (χ1) is 14.9. The molecule has 0 unspecified atom stereocenters. The van der Waals surface area contributed by atoms with Crippen LogP contribution in [0.1, 0.15) is 19.4 Å². The molecule has 3 aromatic rings. The third-order valence-electron chi connectivity index (χ3n) is 5.99. The number of aromatic nitrogens is 2. The molecule has 1 aliphatic rings. The molecule has 7 heteroatoms. The lowest BCUT2D eigenvalue weighted by molar-refractivity contribution is 0.312. The number of nitrogens with zero attached hydrogens (tertiary/aromatic N) is 4. The van der Waals surface area contributed by atoms with Crippen LogP contribution < -0.4 is 10.5 Å². The van der Waals surface area contributed by atoms with Crippen LogP contribution in [-0.4, -0.2) is 47.9 Å². The maximum absolute atomic E-state index is 13.4. The van der Waals surface area contributed by atoms with Gasteiger partial charge >= 0.3 is 0 Å². The van der Waals surface area contributed by atoms with Crippen molar-refractivity contribution in [1.29, 1.82) is 0 Å². The Bertz CT molecular complexity index is 1090. The van der Waals surface area contributed by atoms with E-state index in [4.69, 9.17) is 5.10 Å². The molecule has 5 nitrogen and oxygen atoms in total. The summed E-state index contributed by atoms with van der Waals surface area (Å²) in [6.07, 6.45) is 0. The van der Waals surface area contributed by atoms with E-state index in [1.807, 2.05) is 13.0 Å². The van der Waals surface area contributed by atoms with Crippen molar-refractivity contribution >= 4 is 30.5 Å². The lowest BCUT2D eigenvalue weighted by Gasteiger charge is -2.34. The summed E-state index contributed by atoms with van der Waals surface area (Å²) in [5, 5.41) is 4.82. The van der Waals surface area contributed by atoms with Gasteiger partial charge in [0.2, 0.25) is 0 Å². The first kappa shape index (κ1) is 26.9. The Hall–Kier alpha value is -2.34. The van der Waals surface area contributed by atoms with Crippen LogP contribution in [0.25, 0.3) is 22.4 Å². The minimum Gasteiger partial charge on any atom is -0.364 e. The van der Waals surface area contributed by atoms with E-state index in [-0.39, 0.29) is 30.4 Å². The fraction of sp³-hybridized carbons (Fsp3) is 0.385. The van der Waals surface area contributed by atoms with Gasteiger partial charge in [-0.15, -0.1) is 24.8 Å². The molecule has 0 N–H and O–H groups in total. The minimum absolute atomic E-state index is 0. The molecule has 0 spiro atoms. The van der Waals surface area contributed by atoms with Crippen LogP contribution in [0, 0.1) is 12.8 Å². The van der Waals surface area contributed by atoms with Gasteiger partial charge in [-0.25, -0.2) is 4.68 Å². The van der Waals surface area contributed by atoms with Gasteiger partial charge in [0.1, 0.15) is 5.69 Å². The van der Waals surface area contributed by atoms with Crippen molar-refractivity contribution in [3.63, 3.8) is 0 Å². The summed E-state index contributed by atoms with van der Waals surface area (Å²) < 4.78 is 1.67. The predicted molar refractivity (Wildman–Crippen MR) is 143 cm³/mol. The second kappa shape index (κ2) is 11.7. The molecular weight excluding hydrogens is 455 g/mol. The summed E-state index contributed by atoms with van der Waals surface area (Å²) in [6.45, 7) is 10.6. The van der Waals surface area contributed by atoms with Gasteiger partial charge in [0.15, 0.2) is 0 Å². The zero-order valence-corrected chi connectivity index (χ0v) is 21.5. The lowest BCUT2D eigenvalue weighted by atomic mass is 10.0. The molecule has 0 radical (unpaired) electrons. The van der Waals surface area contributed by atoms with Crippen molar-refractivity contribution in [3.05, 3.63) is 70.5 Å². The molecule has 178 valence electrons. The van der Waals surface area contributed by atoms with Crippen LogP contribution >= 0.6 is 24.8 Å². The molecule has 0 saturated carbocycles. The van der Waals surface area contributed by atoms with Gasteiger partial charge < -0.3 is 9.80 Å². The second-order valence-electron chi connectivity index (χ2n) is 8.94. The molecule has 1 aromatic heterocycles. The van der Waals surface area contributed by atoms with Gasteiger partial charge in [-0.1, -0.05) is 68.4 Å². The fourth-order valence-corrected chi connectivity index (χ4v) is 4.23. The Morgan fingerprint density at radius 1 is 0.848 bits per heavy atom. The number of hydrogen-bond acceptors (Lipinski definition) is 4. The van der Waals surface area contributed by atoms with E-state index in [1.54, 1.807) is 4.68 Å². The van der Waals surface area contributed by atoms with Crippen molar-refractivity contribution < 1.29 is 0 Å². The molecule has 2 heterocycles. The number of hydrogen-bond donors (Lipinski definition) is 0. The first-order valence-electron chi connectivity index (χ1n) is 11.1. The third-order valence-corrected chi connectivity index (χ3v) is 5.99. The van der Waals surface area contributed by atoms with Crippen LogP contribution in [0.4, 0.5) is 5.69 Å². The molecule has 0 amide bonds. The summed E-state index contributed by atoms with van der Waals surface area (Å²) in [5.41, 5.74) is 6.13. The third kappa shape index (κ3) is 5.97. The number of rotatable bonds is 5. The highest BCUT2D eigenvalue weighted by atomic mass is 35.5. The van der Waals surface area contributed by atoms with Gasteiger partial charge in [0.25, 0.3) is 5.56 Å². The quantitative estimate of drug-likeness (QED) is 0.498. The van der Waals surface area contributed by atoms with E-state index in [2.05, 4.69) is 79.2 Å². The molecule has 1 saturated heterocycles. The van der Waals surface area contributed by atoms with E-state index in [0.29, 0.717) is 12.5 Å². The molecule has 1 fully saturated rings. The molecule has 4 rings (SSSR count). The van der Waals surface area contributed by atoms with Crippen LogP contribution in [0.2, 0.25) is 0 Å². The van der Waals surface area contributed by atoms with Crippen molar-refractivity contribution in [1.82, 2.24) is 14.7 Å². The maximum Gasteiger partial charge on any atom is 0.290 e. The van der Waals surface area contributed by atoms with E-state index >= 15 is 0 Å². The van der Waals surface area contributed by atoms with Gasteiger partial charge in [-0.2, -0.15) is 5.10 Å². The maximum atomic E-state index is 13.4. The SMILES string of the molecule is Cc1c(-c2ccc(-c3ccccc3)cc2)nn(CC(C)C)c(=O)c1N1CCN(C)CC1.Cl.Cl. The number of halogens is 2. The van der Waals surface area contributed by atoms with Crippen LogP contribution in [0.15, 0.2) is 59.4 Å².